The van der Waals surface area contributed by atoms with E-state index in [4.69, 9.17) is 0 Å². The van der Waals surface area contributed by atoms with Crippen molar-refractivity contribution in [3.63, 3.8) is 0 Å². The Balaban J connectivity index is 0.000000171. The normalized spacial score (nSPS) is 11.7. The van der Waals surface area contributed by atoms with Crippen molar-refractivity contribution in [3.8, 4) is 0 Å². The van der Waals surface area contributed by atoms with E-state index >= 15 is 70.2 Å². The average Bonchev–Trinajstić information content (AvgIpc) is 0.682. The topological polar surface area (TPSA) is 0 Å². The molecule has 1 nitrogen and oxygen atoms in total. The molecule has 0 radical (unpaired) electrons. The van der Waals surface area contributed by atoms with Crippen molar-refractivity contribution in [3.05, 3.63) is 438 Å². The minimum absolute atomic E-state index is 0.0889. The molecule has 0 saturated carbocycles. The Morgan fingerprint density at radius 2 is 0.336 bits per heavy atom. The predicted molar refractivity (Wildman–Crippen MR) is 422 cm³/mol. The van der Waals surface area contributed by atoms with E-state index in [-0.39, 0.29) is 10.9 Å². The highest BCUT2D eigenvalue weighted by Crippen LogP contribution is 2.43. The summed E-state index contributed by atoms with van der Waals surface area (Å²) in [6, 6.07) is 70.9. The Hall–Kier alpha value is -13.7. The number of benzene rings is 15. The number of rotatable bonds is 16. The third kappa shape index (κ3) is 17.1. The Morgan fingerprint density at radius 3 is 0.504 bits per heavy atom. The van der Waals surface area contributed by atoms with Crippen LogP contribution in [-0.2, 0) is 10.9 Å². The van der Waals surface area contributed by atoms with Crippen molar-refractivity contribution in [2.24, 2.45) is 0 Å². The molecule has 0 bridgehead atoms. The Bertz CT molecular complexity index is 6060. The number of aryl methyl sites for hydroxylation is 1. The second-order valence-electron chi connectivity index (χ2n) is 28.9. The average molecular weight is 2000 g/mol. The molecular weight excluding hydrogens is 1960 g/mol. The van der Waals surface area contributed by atoms with E-state index in [1.54, 1.807) is 0 Å². The highest BCUT2D eigenvalue weighted by Gasteiger charge is 2.56. The maximum Gasteiger partial charge on any atom is 0.200 e. The molecule has 15 rings (SSSR count). The molecule has 15 aromatic carbocycles. The summed E-state index contributed by atoms with van der Waals surface area (Å²) >= 11 is 1.83. The molecule has 0 aliphatic heterocycles. The van der Waals surface area contributed by atoms with Gasteiger partial charge in [-0.1, -0.05) is 121 Å². The second-order valence-corrected chi connectivity index (χ2v) is 32.0. The van der Waals surface area contributed by atoms with Crippen molar-refractivity contribution in [1.29, 1.82) is 0 Å². The van der Waals surface area contributed by atoms with Gasteiger partial charge in [0.25, 0.3) is 0 Å². The van der Waals surface area contributed by atoms with Crippen LogP contribution in [0.1, 0.15) is 5.56 Å². The van der Waals surface area contributed by atoms with Crippen LogP contribution in [0.25, 0.3) is 0 Å². The zero-order chi connectivity index (χ0) is 101. The van der Waals surface area contributed by atoms with Gasteiger partial charge < -0.3 is 0 Å². The van der Waals surface area contributed by atoms with Gasteiger partial charge in [0, 0.05) is 9.79 Å². The van der Waals surface area contributed by atoms with Crippen molar-refractivity contribution in [1.82, 2.24) is 4.48 Å². The fourth-order valence-corrected chi connectivity index (χ4v) is 18.5. The lowest BCUT2D eigenvalue weighted by Crippen LogP contribution is -2.81. The van der Waals surface area contributed by atoms with Gasteiger partial charge in [0.15, 0.2) is 154 Å². The molecule has 45 heteroatoms. The van der Waals surface area contributed by atoms with E-state index in [0.717, 1.165) is 0 Å². The molecule has 0 heterocycles. The van der Waals surface area contributed by atoms with Gasteiger partial charge in [0.2, 0.25) is 0 Å². The van der Waals surface area contributed by atoms with E-state index in [1.165, 1.54) is 47.1 Å². The van der Waals surface area contributed by atoms with Gasteiger partial charge in [-0.2, -0.15) is 0 Å². The first-order chi connectivity index (χ1) is 64.5. The highest BCUT2D eigenvalue weighted by molar-refractivity contribution is 7.99. The maximum atomic E-state index is 15.4. The number of quaternary nitrogens is 1. The lowest BCUT2D eigenvalue weighted by atomic mass is 9.12. The molecule has 0 fully saturated rings. The standard InChI is InChI=1S/C25H21S2.2C24BF20.C19H18N/c1-20-19-24(17-18-25(20)26-21-11-5-2-6-12-21)27(22-13-7-3-8-14-22)23-15-9-4-10-16-23;2*26-5-1(6(27)14(35)21(42)13(5)34)25(2-7(28)15(36)22(43)16(37)8(2)29,3-9(30)17(38)23(44)18(39)10(3)31)4-11(32)19(40)24(45)20(41)12(4)33;1-20(17-11-5-2-6-12-17,18-13-7-3-8-14-18)19-15-9-4-10-16-19/h2-19H,1H3;;;2-16H,1H3/q+1;2*-1;+1. The van der Waals surface area contributed by atoms with Crippen LogP contribution in [0.2, 0.25) is 0 Å². The minimum Gasteiger partial charge on any atom is -0.229 e. The van der Waals surface area contributed by atoms with Crippen molar-refractivity contribution < 1.29 is 176 Å². The van der Waals surface area contributed by atoms with Gasteiger partial charge in [0.1, 0.15) is 122 Å². The van der Waals surface area contributed by atoms with E-state index in [9.17, 15) is 105 Å². The second kappa shape index (κ2) is 39.9. The molecule has 15 aromatic rings. The predicted octanol–water partition coefficient (Wildman–Crippen LogP) is 24.2. The van der Waals surface area contributed by atoms with E-state index < -0.39 is 289 Å². The number of nitrogens with zero attached hydrogens (tertiary/aromatic N) is 1. The maximum absolute atomic E-state index is 15.4. The minimum atomic E-state index is -7.22. The van der Waals surface area contributed by atoms with Gasteiger partial charge in [0.05, 0.1) is 17.9 Å². The summed E-state index contributed by atoms with van der Waals surface area (Å²) in [4.78, 5) is 6.66. The van der Waals surface area contributed by atoms with Crippen molar-refractivity contribution >= 4 is 95.7 Å². The van der Waals surface area contributed by atoms with Gasteiger partial charge >= 0.3 is 0 Å². The fraction of sp³-hybridized carbons (Fsp3) is 0.0217. The van der Waals surface area contributed by atoms with Crippen molar-refractivity contribution in [2.75, 3.05) is 7.05 Å². The number of hydrogen-bond donors (Lipinski definition) is 0. The number of para-hydroxylation sites is 3. The molecule has 0 spiro atoms. The molecule has 137 heavy (non-hydrogen) atoms. The molecule has 0 saturated heterocycles. The summed E-state index contributed by atoms with van der Waals surface area (Å²) in [5.41, 5.74) is -23.6. The SMILES string of the molecule is C[N+](c1ccccc1)(c1ccccc1)c1ccccc1.Cc1cc([S+](c2ccccc2)c2ccccc2)ccc1Sc1ccccc1.Fc1c(F)c(F)c([B-](c2c(F)c(F)c(F)c(F)c2F)(c2c(F)c(F)c(F)c(F)c2F)c2c(F)c(F)c(F)c(F)c2F)c(F)c1F.Fc1c(F)c(F)c([B-](c2c(F)c(F)c(F)c(F)c2F)(c2c(F)c(F)c(F)c(F)c2F)c2c(F)c(F)c(F)c(F)c2F)c(F)c1F. The molecule has 0 amide bonds. The van der Waals surface area contributed by atoms with Crippen molar-refractivity contribution in [2.45, 2.75) is 31.4 Å². The van der Waals surface area contributed by atoms with Crippen LogP contribution < -0.4 is 48.2 Å². The fourth-order valence-electron chi connectivity index (χ4n) is 15.4. The molecule has 0 N–H and O–H groups in total. The Labute approximate surface area is 749 Å². The molecule has 0 unspecified atom stereocenters. The summed E-state index contributed by atoms with van der Waals surface area (Å²) in [6.07, 6.45) is -14.4. The molecule has 0 atom stereocenters. The first-order valence-electron chi connectivity index (χ1n) is 37.7. The van der Waals surface area contributed by atoms with Gasteiger partial charge in [-0.15, -0.1) is 43.7 Å². The van der Waals surface area contributed by atoms with Crippen LogP contribution in [0.15, 0.2) is 225 Å². The summed E-state index contributed by atoms with van der Waals surface area (Å²) in [5.74, 6) is -143. The van der Waals surface area contributed by atoms with Crippen LogP contribution in [0.3, 0.4) is 0 Å². The Morgan fingerprint density at radius 1 is 0.182 bits per heavy atom. The first-order valence-corrected chi connectivity index (χ1v) is 39.8. The lowest BCUT2D eigenvalue weighted by molar-refractivity contribution is 0.377. The largest absolute Gasteiger partial charge is 0.229 e. The zero-order valence-electron chi connectivity index (χ0n) is 67.1. The number of hydrogen-bond acceptors (Lipinski definition) is 1. The quantitative estimate of drug-likeness (QED) is 0.0232. The smallest absolute Gasteiger partial charge is 0.200 e. The van der Waals surface area contributed by atoms with Crippen LogP contribution in [0.4, 0.5) is 193 Å². The van der Waals surface area contributed by atoms with E-state index in [2.05, 4.69) is 214 Å². The number of halogens is 40. The lowest BCUT2D eigenvalue weighted by Gasteiger charge is -2.44. The first kappa shape index (κ1) is 102. The molecule has 710 valence electrons. The van der Waals surface area contributed by atoms with Crippen LogP contribution in [0, 0.1) is 240 Å². The Kier molecular flexibility index (Phi) is 29.8. The summed E-state index contributed by atoms with van der Waals surface area (Å²) in [6.45, 7) is 2.21. The van der Waals surface area contributed by atoms with Gasteiger partial charge in [-0.25, -0.2) is 180 Å². The highest BCUT2D eigenvalue weighted by atomic mass is 32.2. The molecule has 0 aromatic heterocycles. The molecule has 0 aliphatic carbocycles. The van der Waals surface area contributed by atoms with E-state index in [1.807, 2.05) is 11.8 Å². The summed E-state index contributed by atoms with van der Waals surface area (Å²) in [7, 11) is 2.15. The monoisotopic (exact) mass is 2000 g/mol. The van der Waals surface area contributed by atoms with Crippen LogP contribution in [-0.4, -0.2) is 19.3 Å². The van der Waals surface area contributed by atoms with Crippen LogP contribution >= 0.6 is 11.8 Å². The van der Waals surface area contributed by atoms with Gasteiger partial charge in [-0.3, -0.25) is 0 Å². The van der Waals surface area contributed by atoms with Crippen LogP contribution in [0.5, 0.6) is 0 Å². The molecular formula is C92H39B2F40NS2. The van der Waals surface area contributed by atoms with Gasteiger partial charge in [-0.05, 0) is 103 Å². The summed E-state index contributed by atoms with van der Waals surface area (Å²) < 4.78 is 589. The summed E-state index contributed by atoms with van der Waals surface area (Å²) in [5, 5.41) is 0. The third-order valence-electron chi connectivity index (χ3n) is 21.5. The van der Waals surface area contributed by atoms with E-state index in [0.29, 0.717) is 4.48 Å². The molecule has 0 aliphatic rings. The zero-order valence-corrected chi connectivity index (χ0v) is 68.7. The third-order valence-corrected chi connectivity index (χ3v) is 24.9.